The van der Waals surface area contributed by atoms with Gasteiger partial charge in [-0.1, -0.05) is 18.5 Å². The molecule has 0 N–H and O–H groups in total. The van der Waals surface area contributed by atoms with Crippen LogP contribution in [0.2, 0.25) is 5.02 Å². The predicted molar refractivity (Wildman–Crippen MR) is 43.4 cm³/mol. The van der Waals surface area contributed by atoms with Gasteiger partial charge in [-0.3, -0.25) is 4.98 Å². The molecule has 1 aromatic rings. The van der Waals surface area contributed by atoms with Gasteiger partial charge in [0.25, 0.3) is 0 Å². The zero-order chi connectivity index (χ0) is 7.56. The fraction of sp³-hybridized carbons (Fsp3) is 0.375. The maximum Gasteiger partial charge on any atom is 0.0592 e. The second kappa shape index (κ2) is 3.02. The van der Waals surface area contributed by atoms with Gasteiger partial charge in [-0.25, -0.2) is 0 Å². The highest BCUT2D eigenvalue weighted by molar-refractivity contribution is 6.30. The minimum atomic E-state index is 0.717. The maximum absolute atomic E-state index is 5.71. The average Bonchev–Trinajstić information content (AvgIpc) is 1.88. The van der Waals surface area contributed by atoms with E-state index >= 15 is 0 Å². The summed E-state index contributed by atoms with van der Waals surface area (Å²) in [6.45, 7) is 4.11. The lowest BCUT2D eigenvalue weighted by Gasteiger charge is -1.99. The third-order valence-corrected chi connectivity index (χ3v) is 1.69. The Morgan fingerprint density at radius 3 is 2.80 bits per heavy atom. The first-order valence-electron chi connectivity index (χ1n) is 3.35. The first kappa shape index (κ1) is 7.55. The summed E-state index contributed by atoms with van der Waals surface area (Å²) in [5, 5.41) is 0.717. The molecule has 0 aliphatic rings. The summed E-state index contributed by atoms with van der Waals surface area (Å²) >= 11 is 5.71. The summed E-state index contributed by atoms with van der Waals surface area (Å²) in [6.07, 6.45) is 2.66. The largest absolute Gasteiger partial charge is 0.259 e. The van der Waals surface area contributed by atoms with Crippen LogP contribution < -0.4 is 0 Å². The molecule has 54 valence electrons. The standard InChI is InChI=1S/C8H10ClN/c1-3-8-6(2)4-7(9)5-10-8/h4-5H,3H2,1-2H3. The van der Waals surface area contributed by atoms with Crippen LogP contribution in [0.4, 0.5) is 0 Å². The fourth-order valence-electron chi connectivity index (χ4n) is 0.939. The van der Waals surface area contributed by atoms with Crippen LogP contribution in [-0.4, -0.2) is 4.98 Å². The summed E-state index contributed by atoms with van der Waals surface area (Å²) < 4.78 is 0. The molecule has 0 spiro atoms. The Balaban J connectivity index is 3.07. The van der Waals surface area contributed by atoms with Crippen LogP contribution in [0.15, 0.2) is 12.3 Å². The van der Waals surface area contributed by atoms with Crippen LogP contribution in [-0.2, 0) is 6.42 Å². The molecule has 2 heteroatoms. The van der Waals surface area contributed by atoms with Gasteiger partial charge >= 0.3 is 0 Å². The number of hydrogen-bond donors (Lipinski definition) is 0. The van der Waals surface area contributed by atoms with Gasteiger partial charge in [0, 0.05) is 11.9 Å². The molecule has 1 aromatic heterocycles. The number of aromatic nitrogens is 1. The molecule has 0 aliphatic heterocycles. The molecular weight excluding hydrogens is 146 g/mol. The quantitative estimate of drug-likeness (QED) is 0.608. The third-order valence-electron chi connectivity index (χ3n) is 1.49. The van der Waals surface area contributed by atoms with Crippen LogP contribution >= 0.6 is 11.6 Å². The molecule has 0 saturated carbocycles. The van der Waals surface area contributed by atoms with Gasteiger partial charge in [0.2, 0.25) is 0 Å². The predicted octanol–water partition coefficient (Wildman–Crippen LogP) is 2.61. The van der Waals surface area contributed by atoms with Crippen molar-refractivity contribution in [3.8, 4) is 0 Å². The van der Waals surface area contributed by atoms with Crippen LogP contribution in [0, 0.1) is 6.92 Å². The SMILES string of the molecule is CCc1ncc(Cl)cc1C. The molecule has 0 atom stereocenters. The van der Waals surface area contributed by atoms with Crippen molar-refractivity contribution in [1.29, 1.82) is 0 Å². The highest BCUT2D eigenvalue weighted by atomic mass is 35.5. The summed E-state index contributed by atoms with van der Waals surface area (Å²) in [7, 11) is 0. The number of aryl methyl sites for hydroxylation is 2. The lowest BCUT2D eigenvalue weighted by molar-refractivity contribution is 1.01. The molecule has 1 heterocycles. The first-order valence-corrected chi connectivity index (χ1v) is 3.73. The Hall–Kier alpha value is -0.560. The number of hydrogen-bond acceptors (Lipinski definition) is 1. The molecule has 0 aliphatic carbocycles. The minimum Gasteiger partial charge on any atom is -0.259 e. The monoisotopic (exact) mass is 155 g/mol. The van der Waals surface area contributed by atoms with E-state index < -0.39 is 0 Å². The van der Waals surface area contributed by atoms with Gasteiger partial charge in [0.15, 0.2) is 0 Å². The first-order chi connectivity index (χ1) is 4.74. The molecule has 0 aromatic carbocycles. The Morgan fingerprint density at radius 2 is 2.30 bits per heavy atom. The highest BCUT2D eigenvalue weighted by Crippen LogP contribution is 2.11. The zero-order valence-electron chi connectivity index (χ0n) is 6.19. The van der Waals surface area contributed by atoms with Crippen molar-refractivity contribution in [3.05, 3.63) is 28.5 Å². The molecule has 1 rings (SSSR count). The molecule has 0 unspecified atom stereocenters. The van der Waals surface area contributed by atoms with Crippen molar-refractivity contribution in [2.24, 2.45) is 0 Å². The molecular formula is C8H10ClN. The van der Waals surface area contributed by atoms with E-state index in [-0.39, 0.29) is 0 Å². The van der Waals surface area contributed by atoms with E-state index in [1.54, 1.807) is 6.20 Å². The summed E-state index contributed by atoms with van der Waals surface area (Å²) in [5.74, 6) is 0. The number of nitrogens with zero attached hydrogens (tertiary/aromatic N) is 1. The molecule has 1 nitrogen and oxygen atoms in total. The number of halogens is 1. The second-order valence-corrected chi connectivity index (χ2v) is 2.71. The molecule has 0 fully saturated rings. The van der Waals surface area contributed by atoms with E-state index in [4.69, 9.17) is 11.6 Å². The normalized spacial score (nSPS) is 9.90. The van der Waals surface area contributed by atoms with Gasteiger partial charge in [-0.15, -0.1) is 0 Å². The molecule has 10 heavy (non-hydrogen) atoms. The third kappa shape index (κ3) is 1.48. The van der Waals surface area contributed by atoms with Crippen molar-refractivity contribution in [2.45, 2.75) is 20.3 Å². The highest BCUT2D eigenvalue weighted by Gasteiger charge is 1.96. The zero-order valence-corrected chi connectivity index (χ0v) is 6.94. The maximum atomic E-state index is 5.71. The molecule has 0 bridgehead atoms. The molecule has 0 amide bonds. The van der Waals surface area contributed by atoms with Gasteiger partial charge < -0.3 is 0 Å². The summed E-state index contributed by atoms with van der Waals surface area (Å²) in [5.41, 5.74) is 2.31. The number of pyridine rings is 1. The van der Waals surface area contributed by atoms with Crippen molar-refractivity contribution in [3.63, 3.8) is 0 Å². The van der Waals surface area contributed by atoms with Crippen LogP contribution in [0.3, 0.4) is 0 Å². The molecule has 0 saturated heterocycles. The van der Waals surface area contributed by atoms with Gasteiger partial charge in [-0.05, 0) is 25.0 Å². The topological polar surface area (TPSA) is 12.9 Å². The lowest BCUT2D eigenvalue weighted by Crippen LogP contribution is -1.89. The smallest absolute Gasteiger partial charge is 0.0592 e. The van der Waals surface area contributed by atoms with E-state index in [2.05, 4.69) is 11.9 Å². The Bertz CT molecular complexity index is 233. The van der Waals surface area contributed by atoms with Crippen molar-refractivity contribution >= 4 is 11.6 Å². The van der Waals surface area contributed by atoms with Crippen LogP contribution in [0.1, 0.15) is 18.2 Å². The van der Waals surface area contributed by atoms with Gasteiger partial charge in [0.05, 0.1) is 5.02 Å². The van der Waals surface area contributed by atoms with Crippen LogP contribution in [0.5, 0.6) is 0 Å². The Kier molecular flexibility index (Phi) is 2.28. The second-order valence-electron chi connectivity index (χ2n) is 2.27. The Labute approximate surface area is 66.0 Å². The minimum absolute atomic E-state index is 0.717. The van der Waals surface area contributed by atoms with E-state index in [1.165, 1.54) is 5.56 Å². The van der Waals surface area contributed by atoms with Gasteiger partial charge in [-0.2, -0.15) is 0 Å². The lowest BCUT2D eigenvalue weighted by atomic mass is 10.2. The van der Waals surface area contributed by atoms with E-state index in [1.807, 2.05) is 13.0 Å². The fourth-order valence-corrected chi connectivity index (χ4v) is 1.15. The average molecular weight is 156 g/mol. The van der Waals surface area contributed by atoms with Crippen LogP contribution in [0.25, 0.3) is 0 Å². The van der Waals surface area contributed by atoms with E-state index in [9.17, 15) is 0 Å². The van der Waals surface area contributed by atoms with E-state index in [0.29, 0.717) is 0 Å². The van der Waals surface area contributed by atoms with E-state index in [0.717, 1.165) is 17.1 Å². The van der Waals surface area contributed by atoms with Crippen molar-refractivity contribution in [2.75, 3.05) is 0 Å². The molecule has 0 radical (unpaired) electrons. The Morgan fingerprint density at radius 1 is 1.60 bits per heavy atom. The van der Waals surface area contributed by atoms with Crippen molar-refractivity contribution in [1.82, 2.24) is 4.98 Å². The van der Waals surface area contributed by atoms with Crippen molar-refractivity contribution < 1.29 is 0 Å². The summed E-state index contributed by atoms with van der Waals surface area (Å²) in [6, 6.07) is 1.94. The summed E-state index contributed by atoms with van der Waals surface area (Å²) in [4.78, 5) is 4.16. The number of rotatable bonds is 1. The van der Waals surface area contributed by atoms with Gasteiger partial charge in [0.1, 0.15) is 0 Å².